The van der Waals surface area contributed by atoms with Crippen molar-refractivity contribution in [3.8, 4) is 0 Å². The first-order valence-corrected chi connectivity index (χ1v) is 13.8. The fraction of sp³-hybridized carbons (Fsp3) is 0.625. The maximum atomic E-state index is 11.9. The molecule has 0 bridgehead atoms. The number of nitrogens with one attached hydrogen (secondary N) is 1. The van der Waals surface area contributed by atoms with Gasteiger partial charge in [-0.3, -0.25) is 9.13 Å². The molecule has 0 aliphatic carbocycles. The first-order chi connectivity index (χ1) is 15.4. The summed E-state index contributed by atoms with van der Waals surface area (Å²) in [5.74, 6) is -1.38. The Labute approximate surface area is 192 Å². The van der Waals surface area contributed by atoms with Crippen molar-refractivity contribution in [2.75, 3.05) is 31.0 Å². The number of anilines is 1. The molecule has 0 radical (unpaired) electrons. The fourth-order valence-electron chi connectivity index (χ4n) is 3.72. The molecular formula is C16H23ClN4O10P2. The number of rotatable bonds is 8. The van der Waals surface area contributed by atoms with Crippen LogP contribution in [0.1, 0.15) is 18.2 Å². The molecule has 0 aromatic carbocycles. The highest BCUT2D eigenvalue weighted by molar-refractivity contribution is 7.70. The van der Waals surface area contributed by atoms with Crippen LogP contribution in [0.3, 0.4) is 0 Å². The van der Waals surface area contributed by atoms with Crippen LogP contribution in [0.15, 0.2) is 12.3 Å². The number of aliphatic hydroxyl groups excluding tert-OH is 2. The van der Waals surface area contributed by atoms with E-state index < -0.39 is 52.1 Å². The molecule has 33 heavy (non-hydrogen) atoms. The van der Waals surface area contributed by atoms with Gasteiger partial charge in [0.1, 0.15) is 24.4 Å². The predicted molar refractivity (Wildman–Crippen MR) is 113 cm³/mol. The van der Waals surface area contributed by atoms with Gasteiger partial charge in [-0.1, -0.05) is 11.6 Å². The van der Waals surface area contributed by atoms with Crippen LogP contribution in [0.25, 0.3) is 5.65 Å². The second-order valence-corrected chi connectivity index (χ2v) is 12.2. The van der Waals surface area contributed by atoms with Gasteiger partial charge in [0.15, 0.2) is 16.7 Å². The molecule has 2 aliphatic heterocycles. The van der Waals surface area contributed by atoms with E-state index in [2.05, 4.69) is 15.4 Å². The molecule has 0 spiro atoms. The topological polar surface area (TPSA) is 205 Å². The second kappa shape index (κ2) is 9.48. The number of nitrogens with zero attached hydrogens (tertiary/aromatic N) is 3. The average Bonchev–Trinajstić information content (AvgIpc) is 3.40. The molecule has 6 atom stereocenters. The van der Waals surface area contributed by atoms with E-state index in [1.54, 1.807) is 6.07 Å². The molecule has 2 aromatic rings. The SMILES string of the molecule is O=P(O)(O)CP(=O)(O)OC[C@H]1OC(c2cnc3c(NC4CCOC4)cc(Cl)nn23)C(O)C1O. The second-order valence-electron chi connectivity index (χ2n) is 7.82. The zero-order chi connectivity index (χ0) is 24.0. The fourth-order valence-corrected chi connectivity index (χ4v) is 6.47. The van der Waals surface area contributed by atoms with Gasteiger partial charge in [-0.2, -0.15) is 5.10 Å². The molecule has 2 saturated heterocycles. The number of hydrogen-bond donors (Lipinski definition) is 6. The summed E-state index contributed by atoms with van der Waals surface area (Å²) in [6, 6.07) is 1.66. The van der Waals surface area contributed by atoms with Crippen molar-refractivity contribution < 1.29 is 48.0 Å². The highest BCUT2D eigenvalue weighted by Crippen LogP contribution is 2.55. The largest absolute Gasteiger partial charge is 0.387 e. The van der Waals surface area contributed by atoms with Gasteiger partial charge in [0, 0.05) is 12.7 Å². The Morgan fingerprint density at radius 2 is 2.03 bits per heavy atom. The Kier molecular flexibility index (Phi) is 7.17. The number of hydrogen-bond acceptors (Lipinski definition) is 10. The number of ether oxygens (including phenoxy) is 2. The van der Waals surface area contributed by atoms with E-state index in [-0.39, 0.29) is 16.9 Å². The average molecular weight is 529 g/mol. The van der Waals surface area contributed by atoms with Gasteiger partial charge >= 0.3 is 15.2 Å². The molecule has 0 saturated carbocycles. The van der Waals surface area contributed by atoms with Gasteiger partial charge < -0.3 is 44.2 Å². The minimum atomic E-state index is -4.81. The van der Waals surface area contributed by atoms with E-state index >= 15 is 0 Å². The molecule has 2 fully saturated rings. The number of aliphatic hydroxyl groups is 2. The zero-order valence-corrected chi connectivity index (χ0v) is 19.5. The molecule has 4 rings (SSSR count). The third-order valence-corrected chi connectivity index (χ3v) is 8.85. The summed E-state index contributed by atoms with van der Waals surface area (Å²) in [4.78, 5) is 31.7. The lowest BCUT2D eigenvalue weighted by atomic mass is 10.1. The Morgan fingerprint density at radius 3 is 2.70 bits per heavy atom. The van der Waals surface area contributed by atoms with Gasteiger partial charge in [-0.05, 0) is 6.42 Å². The van der Waals surface area contributed by atoms with Crippen LogP contribution >= 0.6 is 26.8 Å². The highest BCUT2D eigenvalue weighted by atomic mass is 35.5. The van der Waals surface area contributed by atoms with Crippen molar-refractivity contribution >= 4 is 38.1 Å². The van der Waals surface area contributed by atoms with E-state index in [9.17, 15) is 24.2 Å². The highest BCUT2D eigenvalue weighted by Gasteiger charge is 2.46. The summed E-state index contributed by atoms with van der Waals surface area (Å²) < 4.78 is 39.9. The molecule has 184 valence electrons. The van der Waals surface area contributed by atoms with Crippen LogP contribution in [0.2, 0.25) is 5.15 Å². The number of halogens is 1. The van der Waals surface area contributed by atoms with Crippen LogP contribution in [0.4, 0.5) is 5.69 Å². The van der Waals surface area contributed by atoms with Crippen LogP contribution in [0.5, 0.6) is 0 Å². The molecule has 14 nitrogen and oxygen atoms in total. The lowest BCUT2D eigenvalue weighted by molar-refractivity contribution is -0.0204. The van der Waals surface area contributed by atoms with Crippen LogP contribution in [-0.4, -0.2) is 89.6 Å². The Morgan fingerprint density at radius 1 is 1.27 bits per heavy atom. The first kappa shape index (κ1) is 25.0. The maximum Gasteiger partial charge on any atom is 0.340 e. The lowest BCUT2D eigenvalue weighted by Crippen LogP contribution is -2.33. The van der Waals surface area contributed by atoms with Gasteiger partial charge in [0.05, 0.1) is 36.8 Å². The third-order valence-electron chi connectivity index (χ3n) is 5.21. The van der Waals surface area contributed by atoms with Gasteiger partial charge in [0.2, 0.25) is 0 Å². The van der Waals surface area contributed by atoms with Crippen molar-refractivity contribution in [2.24, 2.45) is 0 Å². The van der Waals surface area contributed by atoms with E-state index in [0.29, 0.717) is 24.5 Å². The van der Waals surface area contributed by atoms with E-state index in [1.807, 2.05) is 0 Å². The van der Waals surface area contributed by atoms with Crippen molar-refractivity contribution in [3.05, 3.63) is 23.1 Å². The van der Waals surface area contributed by atoms with Gasteiger partial charge in [-0.15, -0.1) is 0 Å². The summed E-state index contributed by atoms with van der Waals surface area (Å²) in [6.07, 6.45) is -3.21. The van der Waals surface area contributed by atoms with E-state index in [4.69, 9.17) is 35.4 Å². The summed E-state index contributed by atoms with van der Waals surface area (Å²) in [5, 5.41) is 28.5. The maximum absolute atomic E-state index is 11.9. The Hall–Kier alpha value is -1.15. The number of imidazole rings is 1. The predicted octanol–water partition coefficient (Wildman–Crippen LogP) is 0.0824. The number of fused-ring (bicyclic) bond motifs is 1. The molecule has 0 amide bonds. The summed E-state index contributed by atoms with van der Waals surface area (Å²) >= 11 is 6.17. The molecule has 5 unspecified atom stereocenters. The van der Waals surface area contributed by atoms with Crippen LogP contribution in [0, 0.1) is 0 Å². The van der Waals surface area contributed by atoms with Crippen molar-refractivity contribution in [2.45, 2.75) is 36.9 Å². The van der Waals surface area contributed by atoms with Crippen molar-refractivity contribution in [1.82, 2.24) is 14.6 Å². The normalized spacial score (nSPS) is 30.1. The van der Waals surface area contributed by atoms with E-state index in [1.165, 1.54) is 10.7 Å². The molecule has 2 aromatic heterocycles. The third kappa shape index (κ3) is 5.75. The minimum absolute atomic E-state index is 0.0615. The Balaban J connectivity index is 1.53. The van der Waals surface area contributed by atoms with Crippen LogP contribution < -0.4 is 5.32 Å². The first-order valence-electron chi connectivity index (χ1n) is 9.84. The zero-order valence-electron chi connectivity index (χ0n) is 17.0. The number of aromatic nitrogens is 3. The quantitative estimate of drug-likeness (QED) is 0.251. The lowest BCUT2D eigenvalue weighted by Gasteiger charge is -2.18. The molecule has 17 heteroatoms. The van der Waals surface area contributed by atoms with E-state index in [0.717, 1.165) is 6.42 Å². The van der Waals surface area contributed by atoms with Crippen LogP contribution in [-0.2, 0) is 23.1 Å². The summed E-state index contributed by atoms with van der Waals surface area (Å²) in [6.45, 7) is 0.460. The van der Waals surface area contributed by atoms with Crippen molar-refractivity contribution in [3.63, 3.8) is 0 Å². The van der Waals surface area contributed by atoms with Crippen molar-refractivity contribution in [1.29, 1.82) is 0 Å². The monoisotopic (exact) mass is 528 g/mol. The molecule has 2 aliphatic rings. The summed E-state index contributed by atoms with van der Waals surface area (Å²) in [5.41, 5.74) is 1.24. The molecule has 4 heterocycles. The summed E-state index contributed by atoms with van der Waals surface area (Å²) in [7, 11) is -9.47. The van der Waals surface area contributed by atoms with Gasteiger partial charge in [-0.25, -0.2) is 9.50 Å². The molecule has 6 N–H and O–H groups in total. The standard InChI is InChI=1S/C16H23ClN4O10P2/c17-12-3-9(19-8-1-2-29-5-8)16-18-4-10(21(16)20-12)15-14(23)13(22)11(31-15)6-30-33(27,28)7-32(24,25)26/h3-4,8,11,13-15,19,22-23H,1-2,5-7H2,(H,27,28)(H2,24,25,26)/t8?,11-,13?,14?,15?/m1/s1. The smallest absolute Gasteiger partial charge is 0.340 e. The Bertz CT molecular complexity index is 1110. The molecular weight excluding hydrogens is 506 g/mol. The van der Waals surface area contributed by atoms with Gasteiger partial charge in [0.25, 0.3) is 0 Å². The minimum Gasteiger partial charge on any atom is -0.387 e.